The molecule has 0 aliphatic heterocycles. The zero-order chi connectivity index (χ0) is 15.9. The van der Waals surface area contributed by atoms with E-state index in [9.17, 15) is 5.11 Å². The molecule has 2 aromatic carbocycles. The molecule has 2 aromatic rings. The summed E-state index contributed by atoms with van der Waals surface area (Å²) in [6, 6.07) is 15.6. The predicted molar refractivity (Wildman–Crippen MR) is 90.6 cm³/mol. The van der Waals surface area contributed by atoms with Crippen LogP contribution in [-0.2, 0) is 0 Å². The molecule has 0 aliphatic rings. The summed E-state index contributed by atoms with van der Waals surface area (Å²) in [7, 11) is 0. The zero-order valence-corrected chi connectivity index (χ0v) is 13.7. The highest BCUT2D eigenvalue weighted by atomic mass is 35.5. The fourth-order valence-electron chi connectivity index (χ4n) is 2.21. The van der Waals surface area contributed by atoms with Gasteiger partial charge in [-0.05, 0) is 37.1 Å². The maximum Gasteiger partial charge on any atom is 0.122 e. The minimum absolute atomic E-state index is 0.0711. The third kappa shape index (κ3) is 4.73. The normalized spacial score (nSPS) is 13.6. The molecule has 0 aromatic heterocycles. The first kappa shape index (κ1) is 16.8. The number of ether oxygens (including phenoxy) is 1. The maximum atomic E-state index is 10.0. The molecule has 2 atom stereocenters. The smallest absolute Gasteiger partial charge is 0.122 e. The summed E-state index contributed by atoms with van der Waals surface area (Å²) >= 11 is 6.17. The number of halogens is 1. The van der Waals surface area contributed by atoms with Crippen LogP contribution in [0.25, 0.3) is 0 Å². The van der Waals surface area contributed by atoms with E-state index in [-0.39, 0.29) is 12.6 Å². The van der Waals surface area contributed by atoms with Gasteiger partial charge in [-0.3, -0.25) is 0 Å². The van der Waals surface area contributed by atoms with E-state index in [1.165, 1.54) is 0 Å². The third-order valence-corrected chi connectivity index (χ3v) is 3.90. The van der Waals surface area contributed by atoms with E-state index in [0.717, 1.165) is 21.9 Å². The average Bonchev–Trinajstić information content (AvgIpc) is 2.52. The lowest BCUT2D eigenvalue weighted by molar-refractivity contribution is 0.104. The van der Waals surface area contributed by atoms with Gasteiger partial charge in [0.25, 0.3) is 0 Å². The van der Waals surface area contributed by atoms with Gasteiger partial charge >= 0.3 is 0 Å². The zero-order valence-electron chi connectivity index (χ0n) is 12.9. The van der Waals surface area contributed by atoms with Crippen molar-refractivity contribution in [2.24, 2.45) is 0 Å². The number of para-hydroxylation sites is 1. The minimum Gasteiger partial charge on any atom is -0.491 e. The van der Waals surface area contributed by atoms with Crippen molar-refractivity contribution in [2.75, 3.05) is 13.2 Å². The number of benzene rings is 2. The maximum absolute atomic E-state index is 10.0. The van der Waals surface area contributed by atoms with E-state index >= 15 is 0 Å². The van der Waals surface area contributed by atoms with Gasteiger partial charge in [0.15, 0.2) is 0 Å². The Morgan fingerprint density at radius 3 is 2.55 bits per heavy atom. The van der Waals surface area contributed by atoms with Crippen molar-refractivity contribution in [1.82, 2.24) is 5.32 Å². The van der Waals surface area contributed by atoms with Gasteiger partial charge in [0, 0.05) is 17.6 Å². The van der Waals surface area contributed by atoms with Crippen molar-refractivity contribution in [2.45, 2.75) is 26.0 Å². The molecule has 3 nitrogen and oxygen atoms in total. The first-order valence-electron chi connectivity index (χ1n) is 7.42. The number of aliphatic hydroxyl groups is 1. The summed E-state index contributed by atoms with van der Waals surface area (Å²) in [5, 5.41) is 14.1. The van der Waals surface area contributed by atoms with Crippen LogP contribution < -0.4 is 10.1 Å². The molecular formula is C18H22ClNO2. The number of aryl methyl sites for hydroxylation is 1. The standard InChI is InChI=1S/C18H22ClNO2/c1-13-7-3-6-10-18(13)22-12-15(21)11-20-14(2)16-8-4-5-9-17(16)19/h3-10,14-15,20-21H,11-12H2,1-2H3. The lowest BCUT2D eigenvalue weighted by Gasteiger charge is -2.19. The van der Waals surface area contributed by atoms with Gasteiger partial charge in [-0.2, -0.15) is 0 Å². The van der Waals surface area contributed by atoms with E-state index < -0.39 is 6.10 Å². The number of hydrogen-bond acceptors (Lipinski definition) is 3. The molecule has 118 valence electrons. The molecule has 2 unspecified atom stereocenters. The van der Waals surface area contributed by atoms with Crippen molar-refractivity contribution in [1.29, 1.82) is 0 Å². The van der Waals surface area contributed by atoms with Crippen LogP contribution in [0.5, 0.6) is 5.75 Å². The lowest BCUT2D eigenvalue weighted by Crippen LogP contribution is -2.33. The van der Waals surface area contributed by atoms with Gasteiger partial charge in [0.2, 0.25) is 0 Å². The molecule has 0 radical (unpaired) electrons. The molecule has 0 saturated carbocycles. The van der Waals surface area contributed by atoms with Crippen LogP contribution in [0.2, 0.25) is 5.02 Å². The predicted octanol–water partition coefficient (Wildman–Crippen LogP) is 3.74. The molecule has 4 heteroatoms. The molecule has 22 heavy (non-hydrogen) atoms. The highest BCUT2D eigenvalue weighted by Crippen LogP contribution is 2.22. The fourth-order valence-corrected chi connectivity index (χ4v) is 2.51. The molecule has 2 N–H and O–H groups in total. The van der Waals surface area contributed by atoms with E-state index in [4.69, 9.17) is 16.3 Å². The second-order valence-electron chi connectivity index (χ2n) is 5.38. The van der Waals surface area contributed by atoms with E-state index in [2.05, 4.69) is 5.32 Å². The van der Waals surface area contributed by atoms with Crippen molar-refractivity contribution in [3.8, 4) is 5.75 Å². The summed E-state index contributed by atoms with van der Waals surface area (Å²) in [4.78, 5) is 0. The molecule has 0 amide bonds. The van der Waals surface area contributed by atoms with Gasteiger partial charge in [-0.1, -0.05) is 48.0 Å². The molecule has 0 fully saturated rings. The van der Waals surface area contributed by atoms with Gasteiger partial charge in [0.1, 0.15) is 18.5 Å². The van der Waals surface area contributed by atoms with Crippen molar-refractivity contribution in [3.63, 3.8) is 0 Å². The van der Waals surface area contributed by atoms with Crippen molar-refractivity contribution < 1.29 is 9.84 Å². The number of nitrogens with one attached hydrogen (secondary N) is 1. The Balaban J connectivity index is 1.79. The van der Waals surface area contributed by atoms with E-state index in [0.29, 0.717) is 6.54 Å². The molecule has 2 rings (SSSR count). The Hall–Kier alpha value is -1.55. The van der Waals surface area contributed by atoms with Gasteiger partial charge in [0.05, 0.1) is 0 Å². The van der Waals surface area contributed by atoms with E-state index in [1.54, 1.807) is 0 Å². The van der Waals surface area contributed by atoms with Crippen LogP contribution in [0.4, 0.5) is 0 Å². The summed E-state index contributed by atoms with van der Waals surface area (Å²) in [6.07, 6.45) is -0.579. The topological polar surface area (TPSA) is 41.5 Å². The van der Waals surface area contributed by atoms with Crippen LogP contribution in [0.15, 0.2) is 48.5 Å². The quantitative estimate of drug-likeness (QED) is 0.817. The monoisotopic (exact) mass is 319 g/mol. The van der Waals surface area contributed by atoms with Gasteiger partial charge in [-0.25, -0.2) is 0 Å². The summed E-state index contributed by atoms with van der Waals surface area (Å²) in [5.74, 6) is 0.806. The van der Waals surface area contributed by atoms with Crippen molar-refractivity contribution >= 4 is 11.6 Å². The van der Waals surface area contributed by atoms with E-state index in [1.807, 2.05) is 62.4 Å². The van der Waals surface area contributed by atoms with Gasteiger partial charge in [-0.15, -0.1) is 0 Å². The third-order valence-electron chi connectivity index (χ3n) is 3.56. The average molecular weight is 320 g/mol. The second kappa shape index (κ2) is 8.18. The van der Waals surface area contributed by atoms with Crippen LogP contribution in [0, 0.1) is 6.92 Å². The Bertz CT molecular complexity index is 603. The Kier molecular flexibility index (Phi) is 6.25. The van der Waals surface area contributed by atoms with Crippen LogP contribution in [0.1, 0.15) is 24.1 Å². The Morgan fingerprint density at radius 2 is 1.82 bits per heavy atom. The molecule has 0 spiro atoms. The van der Waals surface area contributed by atoms with Crippen molar-refractivity contribution in [3.05, 3.63) is 64.7 Å². The number of aliphatic hydroxyl groups excluding tert-OH is 1. The Morgan fingerprint density at radius 1 is 1.14 bits per heavy atom. The van der Waals surface area contributed by atoms with Gasteiger partial charge < -0.3 is 15.2 Å². The highest BCUT2D eigenvalue weighted by Gasteiger charge is 2.12. The molecule has 0 heterocycles. The fraction of sp³-hybridized carbons (Fsp3) is 0.333. The molecule has 0 aliphatic carbocycles. The van der Waals surface area contributed by atoms with Crippen LogP contribution in [-0.4, -0.2) is 24.4 Å². The minimum atomic E-state index is -0.579. The highest BCUT2D eigenvalue weighted by molar-refractivity contribution is 6.31. The first-order valence-corrected chi connectivity index (χ1v) is 7.80. The number of hydrogen-bond donors (Lipinski definition) is 2. The lowest BCUT2D eigenvalue weighted by atomic mass is 10.1. The Labute approximate surface area is 136 Å². The first-order chi connectivity index (χ1) is 10.6. The molecule has 0 bridgehead atoms. The summed E-state index contributed by atoms with van der Waals surface area (Å²) in [5.41, 5.74) is 2.09. The van der Waals surface area contributed by atoms with Crippen LogP contribution >= 0.6 is 11.6 Å². The largest absolute Gasteiger partial charge is 0.491 e. The molecular weight excluding hydrogens is 298 g/mol. The molecule has 0 saturated heterocycles. The number of rotatable bonds is 7. The second-order valence-corrected chi connectivity index (χ2v) is 5.79. The SMILES string of the molecule is Cc1ccccc1OCC(O)CNC(C)c1ccccc1Cl. The van der Waals surface area contributed by atoms with Crippen LogP contribution in [0.3, 0.4) is 0 Å². The summed E-state index contributed by atoms with van der Waals surface area (Å²) in [6.45, 7) is 4.71. The summed E-state index contributed by atoms with van der Waals surface area (Å²) < 4.78 is 5.64.